The van der Waals surface area contributed by atoms with Crippen molar-refractivity contribution < 1.29 is 18.1 Å². The number of ether oxygens (including phenoxy) is 1. The Balaban J connectivity index is 2.29. The smallest absolute Gasteiger partial charge is 0.270 e. The number of sulfonamides is 1. The van der Waals surface area contributed by atoms with E-state index in [0.717, 1.165) is 6.07 Å². The molecule has 0 aliphatic rings. The number of nitro groups is 1. The lowest BCUT2D eigenvalue weighted by Gasteiger charge is -2.11. The standard InChI is InChI=1S/C15H16N2O5S/c1-11-7-8-13(17(18)19)9-15(11)23(20,21)16-10-12-5-3-4-6-14(12)22-2/h3-9,16H,10H2,1-2H3. The van der Waals surface area contributed by atoms with Crippen molar-refractivity contribution in [1.29, 1.82) is 0 Å². The van der Waals surface area contributed by atoms with Crippen LogP contribution in [-0.4, -0.2) is 20.5 Å². The maximum Gasteiger partial charge on any atom is 0.270 e. The highest BCUT2D eigenvalue weighted by Gasteiger charge is 2.20. The van der Waals surface area contributed by atoms with E-state index in [-0.39, 0.29) is 17.1 Å². The molecule has 0 unspecified atom stereocenters. The molecule has 2 rings (SSSR count). The lowest BCUT2D eigenvalue weighted by molar-refractivity contribution is -0.385. The molecular formula is C15H16N2O5S. The summed E-state index contributed by atoms with van der Waals surface area (Å²) >= 11 is 0. The van der Waals surface area contributed by atoms with E-state index in [2.05, 4.69) is 4.72 Å². The molecule has 2 aromatic rings. The number of nitrogens with one attached hydrogen (secondary N) is 1. The summed E-state index contributed by atoms with van der Waals surface area (Å²) in [7, 11) is -2.38. The number of aryl methyl sites for hydroxylation is 1. The van der Waals surface area contributed by atoms with Crippen molar-refractivity contribution in [1.82, 2.24) is 4.72 Å². The van der Waals surface area contributed by atoms with Gasteiger partial charge in [-0.25, -0.2) is 13.1 Å². The van der Waals surface area contributed by atoms with Crippen molar-refractivity contribution in [2.24, 2.45) is 0 Å². The maximum absolute atomic E-state index is 12.4. The Morgan fingerprint density at radius 3 is 2.57 bits per heavy atom. The van der Waals surface area contributed by atoms with Crippen molar-refractivity contribution in [3.8, 4) is 5.75 Å². The summed E-state index contributed by atoms with van der Waals surface area (Å²) < 4.78 is 32.5. The number of benzene rings is 2. The van der Waals surface area contributed by atoms with Crippen LogP contribution < -0.4 is 9.46 Å². The third-order valence-corrected chi connectivity index (χ3v) is 4.86. The summed E-state index contributed by atoms with van der Waals surface area (Å²) in [6.45, 7) is 1.61. The minimum Gasteiger partial charge on any atom is -0.496 e. The highest BCUT2D eigenvalue weighted by molar-refractivity contribution is 7.89. The first-order valence-corrected chi connectivity index (χ1v) is 8.20. The van der Waals surface area contributed by atoms with Crippen LogP contribution in [-0.2, 0) is 16.6 Å². The van der Waals surface area contributed by atoms with Crippen molar-refractivity contribution in [3.63, 3.8) is 0 Å². The van der Waals surface area contributed by atoms with Gasteiger partial charge in [0.25, 0.3) is 5.69 Å². The third-order valence-electron chi connectivity index (χ3n) is 3.32. The largest absolute Gasteiger partial charge is 0.496 e. The van der Waals surface area contributed by atoms with Crippen molar-refractivity contribution in [3.05, 3.63) is 63.7 Å². The number of non-ortho nitro benzene ring substituents is 1. The first kappa shape index (κ1) is 16.9. The molecule has 0 atom stereocenters. The molecule has 0 amide bonds. The van der Waals surface area contributed by atoms with Gasteiger partial charge in [0.05, 0.1) is 16.9 Å². The molecule has 23 heavy (non-hydrogen) atoms. The number of nitro benzene ring substituents is 1. The summed E-state index contributed by atoms with van der Waals surface area (Å²) in [6, 6.07) is 10.8. The molecule has 0 radical (unpaired) electrons. The average molecular weight is 336 g/mol. The molecule has 0 spiro atoms. The van der Waals surface area contributed by atoms with Gasteiger partial charge in [-0.2, -0.15) is 0 Å². The van der Waals surface area contributed by atoms with E-state index in [1.165, 1.54) is 19.2 Å². The fraction of sp³-hybridized carbons (Fsp3) is 0.200. The van der Waals surface area contributed by atoms with Crippen molar-refractivity contribution in [2.75, 3.05) is 7.11 Å². The molecule has 0 saturated heterocycles. The van der Waals surface area contributed by atoms with Crippen molar-refractivity contribution in [2.45, 2.75) is 18.4 Å². The number of rotatable bonds is 6. The van der Waals surface area contributed by atoms with Gasteiger partial charge in [-0.05, 0) is 18.6 Å². The monoisotopic (exact) mass is 336 g/mol. The molecular weight excluding hydrogens is 320 g/mol. The fourth-order valence-electron chi connectivity index (χ4n) is 2.09. The minimum absolute atomic E-state index is 0.0223. The lowest BCUT2D eigenvalue weighted by atomic mass is 10.2. The van der Waals surface area contributed by atoms with Gasteiger partial charge in [-0.1, -0.05) is 24.3 Å². The zero-order valence-corrected chi connectivity index (χ0v) is 13.5. The molecule has 0 aliphatic heterocycles. The van der Waals surface area contributed by atoms with Gasteiger partial charge in [-0.15, -0.1) is 0 Å². The van der Waals surface area contributed by atoms with E-state index in [0.29, 0.717) is 16.9 Å². The summed E-state index contributed by atoms with van der Waals surface area (Å²) in [5, 5.41) is 10.8. The molecule has 7 nitrogen and oxygen atoms in total. The SMILES string of the molecule is COc1ccccc1CNS(=O)(=O)c1cc([N+](=O)[O-])ccc1C. The van der Waals surface area contributed by atoms with Crippen LogP contribution in [0.4, 0.5) is 5.69 Å². The predicted molar refractivity (Wildman–Crippen MR) is 84.9 cm³/mol. The maximum atomic E-state index is 12.4. The normalized spacial score (nSPS) is 11.2. The number of hydrogen-bond donors (Lipinski definition) is 1. The lowest BCUT2D eigenvalue weighted by Crippen LogP contribution is -2.24. The Labute approximate surface area is 134 Å². The molecule has 122 valence electrons. The van der Waals surface area contributed by atoms with Crippen molar-refractivity contribution >= 4 is 15.7 Å². The summed E-state index contributed by atoms with van der Waals surface area (Å²) in [6.07, 6.45) is 0. The van der Waals surface area contributed by atoms with Gasteiger partial charge in [0, 0.05) is 24.2 Å². The average Bonchev–Trinajstić information content (AvgIpc) is 2.53. The predicted octanol–water partition coefficient (Wildman–Crippen LogP) is 2.39. The molecule has 0 aliphatic carbocycles. The van der Waals surface area contributed by atoms with Gasteiger partial charge in [0.1, 0.15) is 5.75 Å². The quantitative estimate of drug-likeness (QED) is 0.645. The van der Waals surface area contributed by atoms with Gasteiger partial charge in [-0.3, -0.25) is 10.1 Å². The van der Waals surface area contributed by atoms with E-state index in [1.807, 2.05) is 0 Å². The van der Waals surface area contributed by atoms with Crippen LogP contribution in [0, 0.1) is 17.0 Å². The molecule has 0 fully saturated rings. The van der Waals surface area contributed by atoms with E-state index in [4.69, 9.17) is 4.74 Å². The first-order valence-electron chi connectivity index (χ1n) is 6.72. The first-order chi connectivity index (χ1) is 10.8. The van der Waals surface area contributed by atoms with Gasteiger partial charge >= 0.3 is 0 Å². The Bertz CT molecular complexity index is 834. The van der Waals surface area contributed by atoms with Crippen LogP contribution >= 0.6 is 0 Å². The number of nitrogens with zero attached hydrogens (tertiary/aromatic N) is 1. The van der Waals surface area contributed by atoms with E-state index in [1.54, 1.807) is 31.2 Å². The van der Waals surface area contributed by atoms with Crippen LogP contribution in [0.25, 0.3) is 0 Å². The molecule has 0 aromatic heterocycles. The number of para-hydroxylation sites is 1. The molecule has 1 N–H and O–H groups in total. The van der Waals surface area contributed by atoms with Crippen LogP contribution in [0.5, 0.6) is 5.75 Å². The second kappa shape index (κ2) is 6.76. The van der Waals surface area contributed by atoms with Gasteiger partial charge in [0.15, 0.2) is 0 Å². The molecule has 0 saturated carbocycles. The highest BCUT2D eigenvalue weighted by atomic mass is 32.2. The number of methoxy groups -OCH3 is 1. The zero-order valence-electron chi connectivity index (χ0n) is 12.6. The fourth-order valence-corrected chi connectivity index (χ4v) is 3.36. The van der Waals surface area contributed by atoms with Crippen LogP contribution in [0.1, 0.15) is 11.1 Å². The van der Waals surface area contributed by atoms with E-state index < -0.39 is 14.9 Å². The van der Waals surface area contributed by atoms with E-state index >= 15 is 0 Å². The Hall–Kier alpha value is -2.45. The number of hydrogen-bond acceptors (Lipinski definition) is 5. The minimum atomic E-state index is -3.88. The van der Waals surface area contributed by atoms with Gasteiger partial charge in [0.2, 0.25) is 10.0 Å². The molecule has 0 bridgehead atoms. The summed E-state index contributed by atoms with van der Waals surface area (Å²) in [5.74, 6) is 0.561. The Morgan fingerprint density at radius 2 is 1.91 bits per heavy atom. The highest BCUT2D eigenvalue weighted by Crippen LogP contribution is 2.23. The topological polar surface area (TPSA) is 98.5 Å². The molecule has 2 aromatic carbocycles. The van der Waals surface area contributed by atoms with Crippen LogP contribution in [0.2, 0.25) is 0 Å². The van der Waals surface area contributed by atoms with Crippen LogP contribution in [0.15, 0.2) is 47.4 Å². The Kier molecular flexibility index (Phi) is 4.97. The molecule has 0 heterocycles. The zero-order chi connectivity index (χ0) is 17.0. The Morgan fingerprint density at radius 1 is 1.22 bits per heavy atom. The summed E-state index contributed by atoms with van der Waals surface area (Å²) in [5.41, 5.74) is 0.832. The van der Waals surface area contributed by atoms with E-state index in [9.17, 15) is 18.5 Å². The second-order valence-electron chi connectivity index (χ2n) is 4.84. The summed E-state index contributed by atoms with van der Waals surface area (Å²) in [4.78, 5) is 10.1. The molecule has 8 heteroatoms. The second-order valence-corrected chi connectivity index (χ2v) is 6.58. The van der Waals surface area contributed by atoms with Crippen LogP contribution in [0.3, 0.4) is 0 Å². The third kappa shape index (κ3) is 3.85. The van der Waals surface area contributed by atoms with Gasteiger partial charge < -0.3 is 4.74 Å².